The highest BCUT2D eigenvalue weighted by Crippen LogP contribution is 2.24. The predicted molar refractivity (Wildman–Crippen MR) is 57.3 cm³/mol. The number of rotatable bonds is 2. The van der Waals surface area contributed by atoms with Gasteiger partial charge in [0.05, 0.1) is 4.88 Å². The summed E-state index contributed by atoms with van der Waals surface area (Å²) in [5.41, 5.74) is 0. The van der Waals surface area contributed by atoms with Crippen LogP contribution in [0.2, 0.25) is 0 Å². The fourth-order valence-electron chi connectivity index (χ4n) is 1.52. The number of carbonyl (C=O) groups excluding carboxylic acids is 1. The third-order valence-electron chi connectivity index (χ3n) is 2.24. The third kappa shape index (κ3) is 2.00. The molecule has 1 aromatic heterocycles. The summed E-state index contributed by atoms with van der Waals surface area (Å²) in [6.07, 6.45) is 0.981. The molecule has 0 saturated carbocycles. The Morgan fingerprint density at radius 2 is 2.54 bits per heavy atom. The van der Waals surface area contributed by atoms with Crippen LogP contribution < -0.4 is 5.32 Å². The van der Waals surface area contributed by atoms with Crippen LogP contribution in [0.25, 0.3) is 0 Å². The molecule has 0 radical (unpaired) electrons. The molecular formula is C9H10BrNOS. The van der Waals surface area contributed by atoms with Gasteiger partial charge in [-0.05, 0) is 35.0 Å². The second kappa shape index (κ2) is 3.90. The van der Waals surface area contributed by atoms with Crippen molar-refractivity contribution in [3.8, 4) is 0 Å². The molecule has 4 heteroatoms. The van der Waals surface area contributed by atoms with Crippen molar-refractivity contribution < 1.29 is 4.79 Å². The SMILES string of the molecule is O=C(c1cc(Br)cs1)C1CCNC1. The second-order valence-corrected chi connectivity index (χ2v) is 5.01. The zero-order valence-electron chi connectivity index (χ0n) is 7.05. The molecule has 13 heavy (non-hydrogen) atoms. The summed E-state index contributed by atoms with van der Waals surface area (Å²) in [6.45, 7) is 1.82. The van der Waals surface area contributed by atoms with E-state index in [0.29, 0.717) is 5.78 Å². The summed E-state index contributed by atoms with van der Waals surface area (Å²) in [6, 6.07) is 1.91. The fourth-order valence-corrected chi connectivity index (χ4v) is 2.97. The molecule has 2 nitrogen and oxygen atoms in total. The summed E-state index contributed by atoms with van der Waals surface area (Å²) < 4.78 is 1.01. The van der Waals surface area contributed by atoms with Crippen LogP contribution in [0, 0.1) is 5.92 Å². The van der Waals surface area contributed by atoms with Crippen molar-refractivity contribution in [2.75, 3.05) is 13.1 Å². The topological polar surface area (TPSA) is 29.1 Å². The van der Waals surface area contributed by atoms with E-state index in [1.165, 1.54) is 11.3 Å². The minimum atomic E-state index is 0.200. The lowest BCUT2D eigenvalue weighted by Gasteiger charge is -2.03. The zero-order valence-corrected chi connectivity index (χ0v) is 9.45. The van der Waals surface area contributed by atoms with Gasteiger partial charge in [-0.15, -0.1) is 11.3 Å². The predicted octanol–water partition coefficient (Wildman–Crippen LogP) is 2.30. The van der Waals surface area contributed by atoms with Crippen LogP contribution in [0.15, 0.2) is 15.9 Å². The van der Waals surface area contributed by atoms with Gasteiger partial charge in [0.2, 0.25) is 0 Å². The van der Waals surface area contributed by atoms with Gasteiger partial charge in [0.1, 0.15) is 0 Å². The van der Waals surface area contributed by atoms with E-state index in [0.717, 1.165) is 28.9 Å². The molecular weight excluding hydrogens is 250 g/mol. The minimum absolute atomic E-state index is 0.200. The average Bonchev–Trinajstić information content (AvgIpc) is 2.72. The summed E-state index contributed by atoms with van der Waals surface area (Å²) in [4.78, 5) is 12.7. The van der Waals surface area contributed by atoms with Gasteiger partial charge in [0.25, 0.3) is 0 Å². The quantitative estimate of drug-likeness (QED) is 0.827. The zero-order chi connectivity index (χ0) is 9.26. The van der Waals surface area contributed by atoms with Crippen molar-refractivity contribution in [2.45, 2.75) is 6.42 Å². The Morgan fingerprint density at radius 1 is 1.69 bits per heavy atom. The van der Waals surface area contributed by atoms with Crippen molar-refractivity contribution in [3.05, 3.63) is 20.8 Å². The number of nitrogens with one attached hydrogen (secondary N) is 1. The molecule has 1 unspecified atom stereocenters. The van der Waals surface area contributed by atoms with E-state index in [9.17, 15) is 4.79 Å². The van der Waals surface area contributed by atoms with E-state index < -0.39 is 0 Å². The van der Waals surface area contributed by atoms with Gasteiger partial charge in [-0.2, -0.15) is 0 Å². The third-order valence-corrected chi connectivity index (χ3v) is 3.95. The molecule has 1 aliphatic heterocycles. The van der Waals surface area contributed by atoms with E-state index in [4.69, 9.17) is 0 Å². The first-order valence-electron chi connectivity index (χ1n) is 4.26. The average molecular weight is 260 g/mol. The fraction of sp³-hybridized carbons (Fsp3) is 0.444. The molecule has 2 heterocycles. The van der Waals surface area contributed by atoms with Crippen LogP contribution in [-0.2, 0) is 0 Å². The van der Waals surface area contributed by atoms with Crippen molar-refractivity contribution in [1.82, 2.24) is 5.32 Å². The summed E-state index contributed by atoms with van der Waals surface area (Å²) in [5.74, 6) is 0.492. The summed E-state index contributed by atoms with van der Waals surface area (Å²) in [5, 5.41) is 5.16. The highest BCUT2D eigenvalue weighted by atomic mass is 79.9. The molecule has 1 atom stereocenters. The number of halogens is 1. The van der Waals surface area contributed by atoms with E-state index in [1.54, 1.807) is 0 Å². The normalized spacial score (nSPS) is 22.1. The van der Waals surface area contributed by atoms with Crippen molar-refractivity contribution in [2.24, 2.45) is 5.92 Å². The summed E-state index contributed by atoms with van der Waals surface area (Å²) in [7, 11) is 0. The molecule has 0 aliphatic carbocycles. The minimum Gasteiger partial charge on any atom is -0.316 e. The molecule has 1 aromatic rings. The molecule has 0 amide bonds. The Morgan fingerprint density at radius 3 is 3.08 bits per heavy atom. The van der Waals surface area contributed by atoms with E-state index in [2.05, 4.69) is 21.2 Å². The molecule has 1 aliphatic rings. The second-order valence-electron chi connectivity index (χ2n) is 3.18. The van der Waals surface area contributed by atoms with Crippen molar-refractivity contribution >= 4 is 33.0 Å². The Bertz CT molecular complexity index is 317. The van der Waals surface area contributed by atoms with Gasteiger partial charge in [0, 0.05) is 22.3 Å². The van der Waals surface area contributed by atoms with Crippen LogP contribution in [0.4, 0.5) is 0 Å². The Hall–Kier alpha value is -0.190. The van der Waals surface area contributed by atoms with Crippen LogP contribution >= 0.6 is 27.3 Å². The number of thiophene rings is 1. The van der Waals surface area contributed by atoms with Crippen LogP contribution in [0.1, 0.15) is 16.1 Å². The van der Waals surface area contributed by atoms with Gasteiger partial charge in [-0.3, -0.25) is 4.79 Å². The number of hydrogen-bond donors (Lipinski definition) is 1. The van der Waals surface area contributed by atoms with Crippen molar-refractivity contribution in [1.29, 1.82) is 0 Å². The van der Waals surface area contributed by atoms with Crippen LogP contribution in [-0.4, -0.2) is 18.9 Å². The Labute approximate surface area is 89.5 Å². The molecule has 0 aromatic carbocycles. The van der Waals surface area contributed by atoms with Crippen LogP contribution in [0.5, 0.6) is 0 Å². The van der Waals surface area contributed by atoms with Gasteiger partial charge in [0.15, 0.2) is 5.78 Å². The molecule has 0 bridgehead atoms. The molecule has 0 spiro atoms. The highest BCUT2D eigenvalue weighted by molar-refractivity contribution is 9.10. The maximum absolute atomic E-state index is 11.8. The lowest BCUT2D eigenvalue weighted by atomic mass is 10.0. The highest BCUT2D eigenvalue weighted by Gasteiger charge is 2.24. The Balaban J connectivity index is 2.12. The first-order chi connectivity index (χ1) is 6.27. The first kappa shape index (κ1) is 9.37. The molecule has 1 N–H and O–H groups in total. The van der Waals surface area contributed by atoms with Crippen molar-refractivity contribution in [3.63, 3.8) is 0 Å². The standard InChI is InChI=1S/C9H10BrNOS/c10-7-3-8(13-5-7)9(12)6-1-2-11-4-6/h3,5-6,11H,1-2,4H2. The maximum atomic E-state index is 11.8. The van der Waals surface area contributed by atoms with Gasteiger partial charge in [-0.25, -0.2) is 0 Å². The maximum Gasteiger partial charge on any atom is 0.177 e. The summed E-state index contributed by atoms with van der Waals surface area (Å²) >= 11 is 4.87. The number of Topliss-reactive ketones (excluding diaryl/α,β-unsaturated/α-hetero) is 1. The van der Waals surface area contributed by atoms with E-state index in [-0.39, 0.29) is 5.92 Å². The van der Waals surface area contributed by atoms with E-state index >= 15 is 0 Å². The molecule has 1 saturated heterocycles. The number of hydrogen-bond acceptors (Lipinski definition) is 3. The van der Waals surface area contributed by atoms with Gasteiger partial charge in [-0.1, -0.05) is 0 Å². The largest absolute Gasteiger partial charge is 0.316 e. The monoisotopic (exact) mass is 259 g/mol. The van der Waals surface area contributed by atoms with Gasteiger partial charge < -0.3 is 5.32 Å². The Kier molecular flexibility index (Phi) is 2.81. The lowest BCUT2D eigenvalue weighted by molar-refractivity contribution is 0.0934. The van der Waals surface area contributed by atoms with E-state index in [1.807, 2.05) is 11.4 Å². The molecule has 2 rings (SSSR count). The molecule has 1 fully saturated rings. The number of carbonyl (C=O) groups is 1. The first-order valence-corrected chi connectivity index (χ1v) is 5.93. The smallest absolute Gasteiger partial charge is 0.177 e. The number of ketones is 1. The molecule has 70 valence electrons. The van der Waals surface area contributed by atoms with Gasteiger partial charge >= 0.3 is 0 Å². The van der Waals surface area contributed by atoms with Crippen LogP contribution in [0.3, 0.4) is 0 Å². The lowest BCUT2D eigenvalue weighted by Crippen LogP contribution is -2.16.